The van der Waals surface area contributed by atoms with Crippen LogP contribution < -0.4 is 9.46 Å². The smallest absolute Gasteiger partial charge is 0.261 e. The normalized spacial score (nSPS) is 15.4. The first-order valence-corrected chi connectivity index (χ1v) is 10.8. The van der Waals surface area contributed by atoms with Gasteiger partial charge in [0.1, 0.15) is 11.4 Å². The molecule has 3 aromatic carbocycles. The maximum atomic E-state index is 13.0. The number of nitrogens with one attached hydrogen (secondary N) is 1. The molecule has 1 heterocycles. The molecule has 0 fully saturated rings. The van der Waals surface area contributed by atoms with Gasteiger partial charge >= 0.3 is 0 Å². The maximum absolute atomic E-state index is 13.0. The van der Waals surface area contributed by atoms with Crippen LogP contribution in [0.15, 0.2) is 77.7 Å². The van der Waals surface area contributed by atoms with Gasteiger partial charge in [-0.2, -0.15) is 0 Å². The zero-order valence-electron chi connectivity index (χ0n) is 16.0. The van der Waals surface area contributed by atoms with Crippen molar-refractivity contribution in [2.24, 2.45) is 0 Å². The predicted octanol–water partition coefficient (Wildman–Crippen LogP) is 5.26. The average molecular weight is 394 g/mol. The molecular formula is C23H23NO3S. The van der Waals surface area contributed by atoms with E-state index in [9.17, 15) is 8.42 Å². The minimum absolute atomic E-state index is 0.222. The van der Waals surface area contributed by atoms with E-state index in [0.29, 0.717) is 5.69 Å². The predicted molar refractivity (Wildman–Crippen MR) is 112 cm³/mol. The van der Waals surface area contributed by atoms with Crippen molar-refractivity contribution in [1.82, 2.24) is 0 Å². The van der Waals surface area contributed by atoms with Gasteiger partial charge in [0, 0.05) is 5.56 Å². The monoisotopic (exact) mass is 393 g/mol. The third kappa shape index (κ3) is 3.76. The van der Waals surface area contributed by atoms with Crippen LogP contribution in [0.1, 0.15) is 25.8 Å². The number of para-hydroxylation sites is 1. The van der Waals surface area contributed by atoms with Gasteiger partial charge in [0.2, 0.25) is 0 Å². The van der Waals surface area contributed by atoms with Crippen molar-refractivity contribution < 1.29 is 13.2 Å². The molecule has 0 aromatic heterocycles. The van der Waals surface area contributed by atoms with E-state index in [0.717, 1.165) is 35.3 Å². The van der Waals surface area contributed by atoms with Crippen molar-refractivity contribution in [1.29, 1.82) is 0 Å². The minimum Gasteiger partial charge on any atom is -0.488 e. The third-order valence-corrected chi connectivity index (χ3v) is 6.34. The Hall–Kier alpha value is -2.79. The molecule has 28 heavy (non-hydrogen) atoms. The van der Waals surface area contributed by atoms with Gasteiger partial charge < -0.3 is 4.74 Å². The largest absolute Gasteiger partial charge is 0.488 e. The summed E-state index contributed by atoms with van der Waals surface area (Å²) in [5.41, 5.74) is 3.07. The lowest BCUT2D eigenvalue weighted by atomic mass is 9.94. The molecule has 1 aliphatic rings. The molecule has 0 amide bonds. The molecule has 0 radical (unpaired) electrons. The lowest BCUT2D eigenvalue weighted by Crippen LogP contribution is -2.32. The number of anilines is 1. The highest BCUT2D eigenvalue weighted by atomic mass is 32.2. The van der Waals surface area contributed by atoms with E-state index in [1.54, 1.807) is 24.3 Å². The third-order valence-electron chi connectivity index (χ3n) is 4.98. The van der Waals surface area contributed by atoms with Crippen molar-refractivity contribution in [2.45, 2.75) is 37.2 Å². The number of benzene rings is 3. The van der Waals surface area contributed by atoms with Gasteiger partial charge in [-0.15, -0.1) is 0 Å². The summed E-state index contributed by atoms with van der Waals surface area (Å²) in [6.45, 7) is 4.09. The van der Waals surface area contributed by atoms with Crippen LogP contribution in [0.4, 0.5) is 5.69 Å². The molecule has 4 rings (SSSR count). The van der Waals surface area contributed by atoms with Crippen LogP contribution in [0.2, 0.25) is 0 Å². The second-order valence-corrected chi connectivity index (χ2v) is 9.33. The van der Waals surface area contributed by atoms with E-state index in [2.05, 4.69) is 4.72 Å². The Kier molecular flexibility index (Phi) is 4.63. The van der Waals surface area contributed by atoms with Crippen molar-refractivity contribution in [3.63, 3.8) is 0 Å². The van der Waals surface area contributed by atoms with Crippen LogP contribution in [0.3, 0.4) is 0 Å². The quantitative estimate of drug-likeness (QED) is 0.658. The van der Waals surface area contributed by atoms with E-state index in [-0.39, 0.29) is 10.5 Å². The van der Waals surface area contributed by atoms with E-state index in [4.69, 9.17) is 4.74 Å². The van der Waals surface area contributed by atoms with Crippen LogP contribution in [0.25, 0.3) is 11.1 Å². The maximum Gasteiger partial charge on any atom is 0.261 e. The molecule has 0 aliphatic carbocycles. The van der Waals surface area contributed by atoms with E-state index in [1.165, 1.54) is 0 Å². The highest BCUT2D eigenvalue weighted by Gasteiger charge is 2.28. The average Bonchev–Trinajstić information content (AvgIpc) is 2.68. The minimum atomic E-state index is -3.71. The molecule has 0 unspecified atom stereocenters. The van der Waals surface area contributed by atoms with E-state index >= 15 is 0 Å². The van der Waals surface area contributed by atoms with Gasteiger partial charge in [0.15, 0.2) is 0 Å². The van der Waals surface area contributed by atoms with E-state index in [1.807, 2.05) is 62.4 Å². The summed E-state index contributed by atoms with van der Waals surface area (Å²) in [5.74, 6) is 0.764. The van der Waals surface area contributed by atoms with Crippen molar-refractivity contribution >= 4 is 15.7 Å². The number of hydrogen-bond acceptors (Lipinski definition) is 3. The Balaban J connectivity index is 1.67. The summed E-state index contributed by atoms with van der Waals surface area (Å²) in [7, 11) is -3.71. The van der Waals surface area contributed by atoms with E-state index < -0.39 is 10.0 Å². The first-order valence-electron chi connectivity index (χ1n) is 9.33. The topological polar surface area (TPSA) is 55.4 Å². The number of aryl methyl sites for hydroxylation is 1. The molecule has 3 aromatic rings. The zero-order valence-corrected chi connectivity index (χ0v) is 16.8. The van der Waals surface area contributed by atoms with Crippen molar-refractivity contribution in [3.8, 4) is 16.9 Å². The molecule has 5 heteroatoms. The molecule has 0 spiro atoms. The summed E-state index contributed by atoms with van der Waals surface area (Å²) in [6.07, 6.45) is 1.65. The highest BCUT2D eigenvalue weighted by molar-refractivity contribution is 7.92. The first kappa shape index (κ1) is 18.6. The van der Waals surface area contributed by atoms with Crippen LogP contribution in [0, 0.1) is 0 Å². The van der Waals surface area contributed by atoms with Crippen LogP contribution in [0.5, 0.6) is 5.75 Å². The summed E-state index contributed by atoms with van der Waals surface area (Å²) >= 11 is 0. The Morgan fingerprint density at radius 1 is 0.929 bits per heavy atom. The summed E-state index contributed by atoms with van der Waals surface area (Å²) < 4.78 is 34.8. The van der Waals surface area contributed by atoms with Gasteiger partial charge in [0.05, 0.1) is 10.6 Å². The second-order valence-electron chi connectivity index (χ2n) is 7.65. The molecule has 0 saturated carbocycles. The Labute approximate surface area is 166 Å². The molecule has 0 bridgehead atoms. The number of hydrogen-bond donors (Lipinski definition) is 1. The number of fused-ring (bicyclic) bond motifs is 1. The molecule has 1 aliphatic heterocycles. The standard InChI is InChI=1S/C23H23NO3S/c1-23(2)15-14-18-16-19(12-13-22(18)27-23)28(25,26)24-21-11-7-6-10-20(21)17-8-4-3-5-9-17/h3-13,16,24H,14-15H2,1-2H3. The van der Waals surface area contributed by atoms with Crippen molar-refractivity contribution in [3.05, 3.63) is 78.4 Å². The van der Waals surface area contributed by atoms with Crippen LogP contribution in [-0.4, -0.2) is 14.0 Å². The van der Waals surface area contributed by atoms with Gasteiger partial charge in [-0.3, -0.25) is 4.72 Å². The molecular weight excluding hydrogens is 370 g/mol. The number of ether oxygens (including phenoxy) is 1. The number of rotatable bonds is 4. The van der Waals surface area contributed by atoms with Crippen LogP contribution in [-0.2, 0) is 16.4 Å². The molecule has 144 valence electrons. The van der Waals surface area contributed by atoms with Crippen LogP contribution >= 0.6 is 0 Å². The van der Waals surface area contributed by atoms with Gasteiger partial charge in [0.25, 0.3) is 10.0 Å². The zero-order chi connectivity index (χ0) is 19.8. The highest BCUT2D eigenvalue weighted by Crippen LogP contribution is 2.35. The lowest BCUT2D eigenvalue weighted by Gasteiger charge is -2.32. The number of sulfonamides is 1. The van der Waals surface area contributed by atoms with Crippen molar-refractivity contribution in [2.75, 3.05) is 4.72 Å². The summed E-state index contributed by atoms with van der Waals surface area (Å²) in [5, 5.41) is 0. The van der Waals surface area contributed by atoms with Gasteiger partial charge in [-0.05, 0) is 62.1 Å². The lowest BCUT2D eigenvalue weighted by molar-refractivity contribution is 0.0845. The Morgan fingerprint density at radius 2 is 1.64 bits per heavy atom. The fourth-order valence-electron chi connectivity index (χ4n) is 3.45. The summed E-state index contributed by atoms with van der Waals surface area (Å²) in [4.78, 5) is 0.248. The fraction of sp³-hybridized carbons (Fsp3) is 0.217. The molecule has 4 nitrogen and oxygen atoms in total. The molecule has 1 N–H and O–H groups in total. The van der Waals surface area contributed by atoms with Gasteiger partial charge in [-0.1, -0.05) is 48.5 Å². The molecule has 0 atom stereocenters. The SMILES string of the molecule is CC1(C)CCc2cc(S(=O)(=O)Nc3ccccc3-c3ccccc3)ccc2O1. The fourth-order valence-corrected chi connectivity index (χ4v) is 4.58. The second kappa shape index (κ2) is 6.99. The molecule has 0 saturated heterocycles. The summed E-state index contributed by atoms with van der Waals surface area (Å²) in [6, 6.07) is 22.2. The van der Waals surface area contributed by atoms with Gasteiger partial charge in [-0.25, -0.2) is 8.42 Å². The Morgan fingerprint density at radius 3 is 2.43 bits per heavy atom. The first-order chi connectivity index (χ1) is 13.3. The Bertz CT molecular complexity index is 1110.